The summed E-state index contributed by atoms with van der Waals surface area (Å²) in [5.41, 5.74) is 5.44. The fraction of sp³-hybridized carbons (Fsp3) is 0.778. The fourth-order valence-electron chi connectivity index (χ4n) is 0.491. The van der Waals surface area contributed by atoms with E-state index >= 15 is 0 Å². The quantitative estimate of drug-likeness (QED) is 0.400. The third kappa shape index (κ3) is 8.83. The molecule has 5 heteroatoms. The predicted molar refractivity (Wildman–Crippen MR) is 57.1 cm³/mol. The standard InChI is InChI=1S/C9H19N3O2/c1-7(2)6-13-12-9(10)5-11-14-8(3)4/h5,7-8H,6H2,1-4H3,(H2,10,12). The highest BCUT2D eigenvalue weighted by atomic mass is 16.6. The Balaban J connectivity index is 3.71. The van der Waals surface area contributed by atoms with E-state index in [1.165, 1.54) is 6.21 Å². The monoisotopic (exact) mass is 201 g/mol. The zero-order chi connectivity index (χ0) is 11.0. The molecule has 5 nitrogen and oxygen atoms in total. The van der Waals surface area contributed by atoms with Crippen molar-refractivity contribution in [3.63, 3.8) is 0 Å². The first kappa shape index (κ1) is 12.7. The molecule has 0 radical (unpaired) electrons. The fourth-order valence-corrected chi connectivity index (χ4v) is 0.491. The number of amidine groups is 1. The summed E-state index contributed by atoms with van der Waals surface area (Å²) < 4.78 is 0. The highest BCUT2D eigenvalue weighted by Gasteiger charge is 1.93. The molecule has 0 saturated carbocycles. The van der Waals surface area contributed by atoms with Gasteiger partial charge in [0.2, 0.25) is 0 Å². The van der Waals surface area contributed by atoms with Crippen LogP contribution in [0.25, 0.3) is 0 Å². The molecule has 0 heterocycles. The van der Waals surface area contributed by atoms with Crippen LogP contribution in [0.5, 0.6) is 0 Å². The highest BCUT2D eigenvalue weighted by molar-refractivity contribution is 6.28. The molecule has 0 aliphatic rings. The van der Waals surface area contributed by atoms with Crippen LogP contribution in [0.3, 0.4) is 0 Å². The normalized spacial score (nSPS) is 12.9. The van der Waals surface area contributed by atoms with Gasteiger partial charge in [-0.15, -0.1) is 0 Å². The summed E-state index contributed by atoms with van der Waals surface area (Å²) in [4.78, 5) is 9.82. The Morgan fingerprint density at radius 3 is 2.50 bits per heavy atom. The molecule has 0 unspecified atom stereocenters. The largest absolute Gasteiger partial charge is 0.394 e. The third-order valence-electron chi connectivity index (χ3n) is 1.03. The summed E-state index contributed by atoms with van der Waals surface area (Å²) >= 11 is 0. The van der Waals surface area contributed by atoms with Gasteiger partial charge in [0, 0.05) is 0 Å². The molecule has 0 bridgehead atoms. The van der Waals surface area contributed by atoms with E-state index in [-0.39, 0.29) is 11.9 Å². The minimum Gasteiger partial charge on any atom is -0.394 e. The summed E-state index contributed by atoms with van der Waals surface area (Å²) in [6, 6.07) is 0. The van der Waals surface area contributed by atoms with Crippen molar-refractivity contribution in [1.29, 1.82) is 0 Å². The van der Waals surface area contributed by atoms with Crippen molar-refractivity contribution in [3.8, 4) is 0 Å². The molecule has 0 rings (SSSR count). The van der Waals surface area contributed by atoms with E-state index in [1.807, 2.05) is 27.7 Å². The molecule has 0 spiro atoms. The van der Waals surface area contributed by atoms with Gasteiger partial charge >= 0.3 is 0 Å². The summed E-state index contributed by atoms with van der Waals surface area (Å²) in [5, 5.41) is 7.23. The van der Waals surface area contributed by atoms with Gasteiger partial charge in [-0.2, -0.15) is 0 Å². The first-order valence-electron chi connectivity index (χ1n) is 4.67. The van der Waals surface area contributed by atoms with E-state index < -0.39 is 0 Å². The maximum atomic E-state index is 5.44. The lowest BCUT2D eigenvalue weighted by atomic mass is 10.2. The Bertz CT molecular complexity index is 200. The van der Waals surface area contributed by atoms with Crippen molar-refractivity contribution in [2.45, 2.75) is 33.8 Å². The van der Waals surface area contributed by atoms with E-state index in [9.17, 15) is 0 Å². The predicted octanol–water partition coefficient (Wildman–Crippen LogP) is 1.34. The summed E-state index contributed by atoms with van der Waals surface area (Å²) in [7, 11) is 0. The smallest absolute Gasteiger partial charge is 0.184 e. The van der Waals surface area contributed by atoms with Gasteiger partial charge < -0.3 is 15.4 Å². The molecule has 0 fully saturated rings. The van der Waals surface area contributed by atoms with Crippen LogP contribution in [-0.4, -0.2) is 24.8 Å². The van der Waals surface area contributed by atoms with Gasteiger partial charge in [-0.3, -0.25) is 0 Å². The van der Waals surface area contributed by atoms with Crippen molar-refractivity contribution < 1.29 is 9.68 Å². The maximum absolute atomic E-state index is 5.44. The molecule has 0 aromatic carbocycles. The third-order valence-corrected chi connectivity index (χ3v) is 1.03. The van der Waals surface area contributed by atoms with E-state index in [2.05, 4.69) is 10.3 Å². The second-order valence-corrected chi connectivity index (χ2v) is 3.59. The van der Waals surface area contributed by atoms with Crippen molar-refractivity contribution in [1.82, 2.24) is 0 Å². The Hall–Kier alpha value is -1.26. The summed E-state index contributed by atoms with van der Waals surface area (Å²) in [6.07, 6.45) is 1.36. The van der Waals surface area contributed by atoms with Crippen molar-refractivity contribution in [2.75, 3.05) is 6.61 Å². The first-order chi connectivity index (χ1) is 6.52. The van der Waals surface area contributed by atoms with Gasteiger partial charge in [0.15, 0.2) is 5.84 Å². The highest BCUT2D eigenvalue weighted by Crippen LogP contribution is 1.92. The minimum absolute atomic E-state index is 0.0376. The number of nitrogens with two attached hydrogens (primary N) is 1. The molecule has 0 saturated heterocycles. The van der Waals surface area contributed by atoms with Gasteiger partial charge in [0.05, 0.1) is 0 Å². The zero-order valence-corrected chi connectivity index (χ0v) is 9.23. The SMILES string of the molecule is CC(C)CON=C(N)C=NOC(C)C. The van der Waals surface area contributed by atoms with Crippen LogP contribution in [0.4, 0.5) is 0 Å². The van der Waals surface area contributed by atoms with Gasteiger partial charge in [0.1, 0.15) is 18.9 Å². The van der Waals surface area contributed by atoms with Crippen LogP contribution in [-0.2, 0) is 9.68 Å². The van der Waals surface area contributed by atoms with Crippen molar-refractivity contribution >= 4 is 12.1 Å². The summed E-state index contributed by atoms with van der Waals surface area (Å²) in [5.74, 6) is 0.627. The van der Waals surface area contributed by atoms with E-state index in [1.54, 1.807) is 0 Å². The molecule has 0 aliphatic heterocycles. The lowest BCUT2D eigenvalue weighted by Crippen LogP contribution is -2.15. The van der Waals surface area contributed by atoms with Crippen LogP contribution < -0.4 is 5.73 Å². The number of oxime groups is 2. The Morgan fingerprint density at radius 2 is 2.00 bits per heavy atom. The van der Waals surface area contributed by atoms with E-state index in [0.29, 0.717) is 12.5 Å². The van der Waals surface area contributed by atoms with Gasteiger partial charge in [-0.1, -0.05) is 24.2 Å². The lowest BCUT2D eigenvalue weighted by Gasteiger charge is -2.02. The Labute approximate surface area is 84.9 Å². The Morgan fingerprint density at radius 1 is 1.36 bits per heavy atom. The molecule has 0 aromatic heterocycles. The molecule has 0 aromatic rings. The zero-order valence-electron chi connectivity index (χ0n) is 9.23. The first-order valence-corrected chi connectivity index (χ1v) is 4.67. The molecule has 0 atom stereocenters. The maximum Gasteiger partial charge on any atom is 0.184 e. The summed E-state index contributed by atoms with van der Waals surface area (Å²) in [6.45, 7) is 8.35. The van der Waals surface area contributed by atoms with Crippen LogP contribution in [0.1, 0.15) is 27.7 Å². The average molecular weight is 201 g/mol. The molecule has 2 N–H and O–H groups in total. The molecule has 0 aliphatic carbocycles. The van der Waals surface area contributed by atoms with Crippen LogP contribution in [0.2, 0.25) is 0 Å². The van der Waals surface area contributed by atoms with E-state index in [0.717, 1.165) is 0 Å². The lowest BCUT2D eigenvalue weighted by molar-refractivity contribution is 0.0874. The van der Waals surface area contributed by atoms with Crippen LogP contribution in [0, 0.1) is 5.92 Å². The van der Waals surface area contributed by atoms with Gasteiger partial charge in [-0.05, 0) is 19.8 Å². The molecule has 0 amide bonds. The second kappa shape index (κ2) is 7.17. The second-order valence-electron chi connectivity index (χ2n) is 3.59. The number of hydrogen-bond acceptors (Lipinski definition) is 4. The van der Waals surface area contributed by atoms with Crippen LogP contribution >= 0.6 is 0 Å². The van der Waals surface area contributed by atoms with Gasteiger partial charge in [0.25, 0.3) is 0 Å². The topological polar surface area (TPSA) is 69.2 Å². The average Bonchev–Trinajstić information content (AvgIpc) is 2.02. The number of hydrogen-bond donors (Lipinski definition) is 1. The number of rotatable bonds is 6. The van der Waals surface area contributed by atoms with Gasteiger partial charge in [-0.25, -0.2) is 0 Å². The molecular formula is C9H19N3O2. The van der Waals surface area contributed by atoms with E-state index in [4.69, 9.17) is 15.4 Å². The van der Waals surface area contributed by atoms with Crippen molar-refractivity contribution in [3.05, 3.63) is 0 Å². The van der Waals surface area contributed by atoms with Crippen molar-refractivity contribution in [2.24, 2.45) is 22.0 Å². The number of nitrogens with zero attached hydrogens (tertiary/aromatic N) is 2. The Kier molecular flexibility index (Phi) is 6.53. The molecule has 82 valence electrons. The molecular weight excluding hydrogens is 182 g/mol. The van der Waals surface area contributed by atoms with Crippen LogP contribution in [0.15, 0.2) is 10.3 Å². The minimum atomic E-state index is 0.0376. The molecule has 14 heavy (non-hydrogen) atoms.